The van der Waals surface area contributed by atoms with Crippen molar-refractivity contribution >= 4 is 54.8 Å². The Morgan fingerprint density at radius 2 is 1.11 bits per heavy atom. The molecule has 0 saturated heterocycles. The van der Waals surface area contributed by atoms with Crippen molar-refractivity contribution < 1.29 is 4.74 Å². The van der Waals surface area contributed by atoms with Gasteiger partial charge in [0.15, 0.2) is 0 Å². The Kier molecular flexibility index (Phi) is 5.48. The smallest absolute Gasteiger partial charge is 0.145 e. The molecular weight excluding hydrogens is 578 g/mol. The minimum atomic E-state index is 0.730. The summed E-state index contributed by atoms with van der Waals surface area (Å²) in [5.41, 5.74) is 9.56. The fourth-order valence-electron chi connectivity index (χ4n) is 7.13. The van der Waals surface area contributed by atoms with Gasteiger partial charge in [-0.2, -0.15) is 0 Å². The molecule has 5 heterocycles. The molecule has 47 heavy (non-hydrogen) atoms. The summed E-state index contributed by atoms with van der Waals surface area (Å²) in [6.07, 6.45) is 9.54. The molecule has 6 heteroatoms. The fraction of sp³-hybridized carbons (Fsp3) is 0. The van der Waals surface area contributed by atoms with E-state index >= 15 is 0 Å². The normalized spacial score (nSPS) is 11.8. The van der Waals surface area contributed by atoms with Crippen molar-refractivity contribution in [1.82, 2.24) is 23.8 Å². The van der Waals surface area contributed by atoms with E-state index in [-0.39, 0.29) is 0 Å². The summed E-state index contributed by atoms with van der Waals surface area (Å²) in [4.78, 5) is 14.2. The van der Waals surface area contributed by atoms with Gasteiger partial charge in [0.1, 0.15) is 22.8 Å². The lowest BCUT2D eigenvalue weighted by Gasteiger charge is -2.18. The van der Waals surface area contributed by atoms with Crippen LogP contribution in [0.2, 0.25) is 0 Å². The second kappa shape index (κ2) is 9.99. The van der Waals surface area contributed by atoms with Crippen molar-refractivity contribution in [2.45, 2.75) is 0 Å². The second-order valence-corrected chi connectivity index (χ2v) is 11.7. The Morgan fingerprint density at radius 1 is 0.468 bits per heavy atom. The van der Waals surface area contributed by atoms with E-state index in [1.54, 1.807) is 0 Å². The van der Waals surface area contributed by atoms with Gasteiger partial charge >= 0.3 is 0 Å². The summed E-state index contributed by atoms with van der Waals surface area (Å²) in [5.74, 6) is 1.47. The minimum absolute atomic E-state index is 0.730. The van der Waals surface area contributed by atoms with Gasteiger partial charge in [0, 0.05) is 52.5 Å². The molecule has 0 aliphatic carbocycles. The SMILES string of the molecule is c1ccc(-c2ccc3c(c2-c2ccccc2)c2ccc(Oc4ccc5c(c4)c4nccn4c4cccnc54)cc2c2nccn32)cc1. The maximum Gasteiger partial charge on any atom is 0.145 e. The van der Waals surface area contributed by atoms with Gasteiger partial charge in [-0.3, -0.25) is 13.8 Å². The molecule has 10 aromatic rings. The molecule has 0 aliphatic rings. The molecule has 6 nitrogen and oxygen atoms in total. The maximum atomic E-state index is 6.58. The highest BCUT2D eigenvalue weighted by molar-refractivity contribution is 6.20. The van der Waals surface area contributed by atoms with Crippen molar-refractivity contribution in [2.75, 3.05) is 0 Å². The first kappa shape index (κ1) is 25.8. The van der Waals surface area contributed by atoms with E-state index < -0.39 is 0 Å². The molecule has 0 amide bonds. The molecule has 0 fully saturated rings. The Bertz CT molecular complexity index is 2820. The van der Waals surface area contributed by atoms with Gasteiger partial charge in [0.25, 0.3) is 0 Å². The molecule has 0 atom stereocenters. The summed E-state index contributed by atoms with van der Waals surface area (Å²) < 4.78 is 10.9. The number of nitrogens with zero attached hydrogens (tertiary/aromatic N) is 5. The molecule has 0 saturated carbocycles. The highest BCUT2D eigenvalue weighted by atomic mass is 16.5. The molecule has 5 aromatic carbocycles. The lowest BCUT2D eigenvalue weighted by atomic mass is 9.89. The van der Waals surface area contributed by atoms with Crippen molar-refractivity contribution in [3.63, 3.8) is 0 Å². The third-order valence-electron chi connectivity index (χ3n) is 9.14. The van der Waals surface area contributed by atoms with Gasteiger partial charge in [-0.1, -0.05) is 66.7 Å². The second-order valence-electron chi connectivity index (χ2n) is 11.7. The van der Waals surface area contributed by atoms with E-state index in [0.29, 0.717) is 0 Å². The van der Waals surface area contributed by atoms with Crippen LogP contribution in [0, 0.1) is 0 Å². The van der Waals surface area contributed by atoms with E-state index in [9.17, 15) is 0 Å². The molecule has 0 aliphatic heterocycles. The van der Waals surface area contributed by atoms with E-state index in [4.69, 9.17) is 14.7 Å². The molecule has 0 spiro atoms. The Morgan fingerprint density at radius 3 is 1.83 bits per heavy atom. The van der Waals surface area contributed by atoms with Gasteiger partial charge in [0.2, 0.25) is 0 Å². The third kappa shape index (κ3) is 3.88. The van der Waals surface area contributed by atoms with Crippen LogP contribution in [-0.2, 0) is 0 Å². The fourth-order valence-corrected chi connectivity index (χ4v) is 7.13. The van der Waals surface area contributed by atoms with Crippen molar-refractivity contribution in [2.24, 2.45) is 0 Å². The number of imidazole rings is 2. The summed E-state index contributed by atoms with van der Waals surface area (Å²) >= 11 is 0. The first-order valence-electron chi connectivity index (χ1n) is 15.6. The Balaban J connectivity index is 1.19. The Labute approximate surface area is 268 Å². The van der Waals surface area contributed by atoms with E-state index in [2.05, 4.69) is 123 Å². The minimum Gasteiger partial charge on any atom is -0.457 e. The van der Waals surface area contributed by atoms with Gasteiger partial charge < -0.3 is 4.74 Å². The van der Waals surface area contributed by atoms with E-state index in [1.807, 2.05) is 43.1 Å². The van der Waals surface area contributed by atoms with Crippen LogP contribution in [0.1, 0.15) is 0 Å². The quantitative estimate of drug-likeness (QED) is 0.188. The van der Waals surface area contributed by atoms with Gasteiger partial charge in [-0.05, 0) is 82.2 Å². The summed E-state index contributed by atoms with van der Waals surface area (Å²) in [6.45, 7) is 0. The average molecular weight is 604 g/mol. The number of pyridine rings is 3. The number of benzene rings is 5. The van der Waals surface area contributed by atoms with E-state index in [0.717, 1.165) is 60.9 Å². The van der Waals surface area contributed by atoms with Gasteiger partial charge in [-0.25, -0.2) is 9.97 Å². The zero-order valence-corrected chi connectivity index (χ0v) is 25.1. The topological polar surface area (TPSA) is 56.7 Å². The van der Waals surface area contributed by atoms with Crippen LogP contribution >= 0.6 is 0 Å². The predicted octanol–water partition coefficient (Wildman–Crippen LogP) is 10.1. The molecule has 220 valence electrons. The highest BCUT2D eigenvalue weighted by Crippen LogP contribution is 2.43. The molecule has 5 aromatic heterocycles. The van der Waals surface area contributed by atoms with Crippen LogP contribution in [-0.4, -0.2) is 23.8 Å². The van der Waals surface area contributed by atoms with Crippen molar-refractivity contribution in [3.8, 4) is 33.8 Å². The first-order valence-corrected chi connectivity index (χ1v) is 15.6. The lowest BCUT2D eigenvalue weighted by molar-refractivity contribution is 0.484. The number of hydrogen-bond donors (Lipinski definition) is 0. The van der Waals surface area contributed by atoms with Crippen molar-refractivity contribution in [3.05, 3.63) is 152 Å². The zero-order chi connectivity index (χ0) is 30.9. The monoisotopic (exact) mass is 603 g/mol. The van der Waals surface area contributed by atoms with E-state index in [1.165, 1.54) is 27.6 Å². The molecule has 0 radical (unpaired) electrons. The molecule has 0 unspecified atom stereocenters. The van der Waals surface area contributed by atoms with Gasteiger partial charge in [-0.15, -0.1) is 0 Å². The molecule has 10 rings (SSSR count). The van der Waals surface area contributed by atoms with Crippen molar-refractivity contribution in [1.29, 1.82) is 0 Å². The standard InChI is InChI=1S/C41H25N5O/c1-3-8-26(9-4-1)30-17-18-35-38(37(30)27-10-5-2-6-11-27)31-15-13-28(24-33(31)40-43-20-22-45(35)40)47-29-14-16-32-34(25-29)41-44-21-23-46(41)36-12-7-19-42-39(32)36/h1-25H. The van der Waals surface area contributed by atoms with Crippen LogP contribution in [0.15, 0.2) is 152 Å². The van der Waals surface area contributed by atoms with Crippen LogP contribution < -0.4 is 4.74 Å². The largest absolute Gasteiger partial charge is 0.457 e. The predicted molar refractivity (Wildman–Crippen MR) is 189 cm³/mol. The van der Waals surface area contributed by atoms with Crippen LogP contribution in [0.4, 0.5) is 0 Å². The Hall–Kier alpha value is -6.53. The average Bonchev–Trinajstić information content (AvgIpc) is 3.84. The maximum absolute atomic E-state index is 6.58. The van der Waals surface area contributed by atoms with Crippen LogP contribution in [0.25, 0.3) is 77.0 Å². The lowest BCUT2D eigenvalue weighted by Crippen LogP contribution is -1.96. The first-order chi connectivity index (χ1) is 23.3. The third-order valence-corrected chi connectivity index (χ3v) is 9.14. The van der Waals surface area contributed by atoms with Gasteiger partial charge in [0.05, 0.1) is 16.6 Å². The van der Waals surface area contributed by atoms with Crippen LogP contribution in [0.5, 0.6) is 11.5 Å². The molecule has 0 N–H and O–H groups in total. The number of hydrogen-bond acceptors (Lipinski definition) is 4. The molecular formula is C41H25N5O. The molecule has 0 bridgehead atoms. The highest BCUT2D eigenvalue weighted by Gasteiger charge is 2.19. The number of rotatable bonds is 4. The number of aromatic nitrogens is 5. The summed E-state index contributed by atoms with van der Waals surface area (Å²) in [7, 11) is 0. The number of fused-ring (bicyclic) bond motifs is 12. The number of ether oxygens (including phenoxy) is 1. The zero-order valence-electron chi connectivity index (χ0n) is 25.1. The summed E-state index contributed by atoms with van der Waals surface area (Å²) in [6, 6.07) is 42.2. The van der Waals surface area contributed by atoms with Crippen LogP contribution in [0.3, 0.4) is 0 Å². The summed E-state index contributed by atoms with van der Waals surface area (Å²) in [5, 5.41) is 5.35.